The molecular weight excluding hydrogens is 388 g/mol. The average Bonchev–Trinajstić information content (AvgIpc) is 2.77. The molecule has 0 atom stereocenters. The smallest absolute Gasteiger partial charge is 0.292 e. The summed E-state index contributed by atoms with van der Waals surface area (Å²) in [6.45, 7) is 1.38. The fraction of sp³-hybridized carbons (Fsp3) is 0.227. The molecule has 1 aliphatic heterocycles. The van der Waals surface area contributed by atoms with Gasteiger partial charge >= 0.3 is 0 Å². The molecule has 29 heavy (non-hydrogen) atoms. The number of anilines is 1. The Labute approximate surface area is 173 Å². The van der Waals surface area contributed by atoms with E-state index >= 15 is 0 Å². The zero-order chi connectivity index (χ0) is 20.2. The van der Waals surface area contributed by atoms with Crippen molar-refractivity contribution in [1.82, 2.24) is 15.1 Å². The van der Waals surface area contributed by atoms with E-state index in [-0.39, 0.29) is 22.5 Å². The third-order valence-corrected chi connectivity index (χ3v) is 5.46. The van der Waals surface area contributed by atoms with Gasteiger partial charge in [-0.05, 0) is 37.1 Å². The summed E-state index contributed by atoms with van der Waals surface area (Å²) in [7, 11) is 0. The highest BCUT2D eigenvalue weighted by Crippen LogP contribution is 2.25. The molecule has 1 fully saturated rings. The van der Waals surface area contributed by atoms with Gasteiger partial charge in [0.25, 0.3) is 11.5 Å². The van der Waals surface area contributed by atoms with Crippen molar-refractivity contribution in [1.29, 1.82) is 0 Å². The normalized spacial score (nSPS) is 14.6. The molecule has 3 aromatic rings. The summed E-state index contributed by atoms with van der Waals surface area (Å²) in [5.41, 5.74) is 1.63. The van der Waals surface area contributed by atoms with Crippen LogP contribution in [0.2, 0.25) is 5.02 Å². The van der Waals surface area contributed by atoms with Crippen LogP contribution >= 0.6 is 11.6 Å². The van der Waals surface area contributed by atoms with Crippen molar-refractivity contribution in [3.05, 3.63) is 87.8 Å². The summed E-state index contributed by atoms with van der Waals surface area (Å²) in [6, 6.07) is 18.5. The van der Waals surface area contributed by atoms with Crippen LogP contribution in [-0.2, 0) is 0 Å². The maximum Gasteiger partial charge on any atom is 0.292 e. The molecule has 6 nitrogen and oxygen atoms in total. The van der Waals surface area contributed by atoms with Crippen molar-refractivity contribution in [3.8, 4) is 5.69 Å². The topological polar surface area (TPSA) is 67.2 Å². The molecule has 148 valence electrons. The number of benzene rings is 2. The third-order valence-electron chi connectivity index (χ3n) is 5.11. The standard InChI is InChI=1S/C22H21ClN4O2/c23-20-19(15-24-27(22(20)29)18-9-5-2-6-10-18)26-13-11-17(12-14-26)25-21(28)16-7-3-1-4-8-16/h1-10,15,17H,11-14H2,(H,25,28). The fourth-order valence-electron chi connectivity index (χ4n) is 3.52. The Morgan fingerprint density at radius 1 is 1.00 bits per heavy atom. The summed E-state index contributed by atoms with van der Waals surface area (Å²) in [5.74, 6) is -0.0609. The van der Waals surface area contributed by atoms with Gasteiger partial charge in [-0.1, -0.05) is 48.0 Å². The van der Waals surface area contributed by atoms with Crippen LogP contribution in [0.3, 0.4) is 0 Å². The number of nitrogens with zero attached hydrogens (tertiary/aromatic N) is 3. The molecule has 0 spiro atoms. The van der Waals surface area contributed by atoms with Gasteiger partial charge in [0.2, 0.25) is 0 Å². The second kappa shape index (κ2) is 8.49. The van der Waals surface area contributed by atoms with Crippen molar-refractivity contribution in [2.24, 2.45) is 0 Å². The number of carbonyl (C=O) groups is 1. The Balaban J connectivity index is 1.43. The fourth-order valence-corrected chi connectivity index (χ4v) is 3.77. The average molecular weight is 409 g/mol. The molecule has 0 saturated carbocycles. The van der Waals surface area contributed by atoms with Crippen LogP contribution in [0, 0.1) is 0 Å². The largest absolute Gasteiger partial charge is 0.369 e. The lowest BCUT2D eigenvalue weighted by atomic mass is 10.0. The van der Waals surface area contributed by atoms with E-state index in [0.717, 1.165) is 12.8 Å². The van der Waals surface area contributed by atoms with E-state index < -0.39 is 0 Å². The van der Waals surface area contributed by atoms with Gasteiger partial charge in [0.15, 0.2) is 0 Å². The van der Waals surface area contributed by atoms with Crippen molar-refractivity contribution in [2.45, 2.75) is 18.9 Å². The van der Waals surface area contributed by atoms with E-state index in [0.29, 0.717) is 30.0 Å². The zero-order valence-corrected chi connectivity index (χ0v) is 16.5. The molecule has 2 aromatic carbocycles. The first kappa shape index (κ1) is 19.2. The van der Waals surface area contributed by atoms with E-state index in [1.165, 1.54) is 4.68 Å². The molecule has 1 N–H and O–H groups in total. The first-order valence-electron chi connectivity index (χ1n) is 9.57. The van der Waals surface area contributed by atoms with Crippen molar-refractivity contribution < 1.29 is 4.79 Å². The molecular formula is C22H21ClN4O2. The molecule has 0 unspecified atom stereocenters. The van der Waals surface area contributed by atoms with E-state index in [2.05, 4.69) is 15.3 Å². The Morgan fingerprint density at radius 2 is 1.62 bits per heavy atom. The minimum atomic E-state index is -0.338. The predicted molar refractivity (Wildman–Crippen MR) is 114 cm³/mol. The number of hydrogen-bond donors (Lipinski definition) is 1. The Kier molecular flexibility index (Phi) is 5.62. The summed E-state index contributed by atoms with van der Waals surface area (Å²) in [6.07, 6.45) is 3.19. The quantitative estimate of drug-likeness (QED) is 0.719. The number of halogens is 1. The van der Waals surface area contributed by atoms with Crippen LogP contribution in [0.1, 0.15) is 23.2 Å². The van der Waals surface area contributed by atoms with E-state index in [4.69, 9.17) is 11.6 Å². The van der Waals surface area contributed by atoms with Crippen LogP contribution < -0.4 is 15.8 Å². The van der Waals surface area contributed by atoms with Gasteiger partial charge in [0, 0.05) is 24.7 Å². The van der Waals surface area contributed by atoms with E-state index in [9.17, 15) is 9.59 Å². The minimum Gasteiger partial charge on any atom is -0.369 e. The third kappa shape index (κ3) is 4.17. The predicted octanol–water partition coefficient (Wildman–Crippen LogP) is 3.28. The number of carbonyl (C=O) groups excluding carboxylic acids is 1. The van der Waals surface area contributed by atoms with Crippen molar-refractivity contribution >= 4 is 23.2 Å². The SMILES string of the molecule is O=C(NC1CCN(c2cnn(-c3ccccc3)c(=O)c2Cl)CC1)c1ccccc1. The van der Waals surface area contributed by atoms with Crippen LogP contribution in [0.4, 0.5) is 5.69 Å². The number of nitrogens with one attached hydrogen (secondary N) is 1. The summed E-state index contributed by atoms with van der Waals surface area (Å²) in [4.78, 5) is 27.1. The Bertz CT molecular complexity index is 1050. The molecule has 0 aliphatic carbocycles. The highest BCUT2D eigenvalue weighted by molar-refractivity contribution is 6.33. The van der Waals surface area contributed by atoms with Crippen LogP contribution in [0.15, 0.2) is 71.7 Å². The minimum absolute atomic E-state index is 0.0609. The maximum absolute atomic E-state index is 12.7. The summed E-state index contributed by atoms with van der Waals surface area (Å²) < 4.78 is 1.30. The molecule has 0 bridgehead atoms. The van der Waals surface area contributed by atoms with Gasteiger partial charge in [-0.2, -0.15) is 9.78 Å². The highest BCUT2D eigenvalue weighted by atomic mass is 35.5. The number of para-hydroxylation sites is 1. The number of amides is 1. The van der Waals surface area contributed by atoms with E-state index in [1.807, 2.05) is 48.5 Å². The molecule has 1 amide bonds. The van der Waals surface area contributed by atoms with Gasteiger partial charge in [0.1, 0.15) is 5.02 Å². The van der Waals surface area contributed by atoms with E-state index in [1.54, 1.807) is 18.3 Å². The maximum atomic E-state index is 12.7. The first-order valence-corrected chi connectivity index (χ1v) is 9.95. The second-order valence-electron chi connectivity index (χ2n) is 7.00. The lowest BCUT2D eigenvalue weighted by Crippen LogP contribution is -2.45. The van der Waals surface area contributed by atoms with Gasteiger partial charge < -0.3 is 10.2 Å². The molecule has 2 heterocycles. The number of aromatic nitrogens is 2. The zero-order valence-electron chi connectivity index (χ0n) is 15.8. The molecule has 7 heteroatoms. The first-order chi connectivity index (χ1) is 14.1. The van der Waals surface area contributed by atoms with Gasteiger partial charge in [-0.3, -0.25) is 9.59 Å². The molecule has 1 aliphatic rings. The highest BCUT2D eigenvalue weighted by Gasteiger charge is 2.24. The number of hydrogen-bond acceptors (Lipinski definition) is 4. The van der Waals surface area contributed by atoms with Crippen molar-refractivity contribution in [3.63, 3.8) is 0 Å². The summed E-state index contributed by atoms with van der Waals surface area (Å²) >= 11 is 6.40. The number of rotatable bonds is 4. The second-order valence-corrected chi connectivity index (χ2v) is 7.38. The lowest BCUT2D eigenvalue weighted by molar-refractivity contribution is 0.0931. The number of piperidine rings is 1. The lowest BCUT2D eigenvalue weighted by Gasteiger charge is -2.34. The molecule has 0 radical (unpaired) electrons. The Hall–Kier alpha value is -3.12. The molecule has 4 rings (SSSR count). The summed E-state index contributed by atoms with van der Waals surface area (Å²) in [5, 5.41) is 7.55. The molecule has 1 saturated heterocycles. The Morgan fingerprint density at radius 3 is 2.28 bits per heavy atom. The van der Waals surface area contributed by atoms with Crippen LogP contribution in [-0.4, -0.2) is 34.8 Å². The van der Waals surface area contributed by atoms with Gasteiger partial charge in [-0.25, -0.2) is 0 Å². The monoisotopic (exact) mass is 408 g/mol. The van der Waals surface area contributed by atoms with Crippen LogP contribution in [0.25, 0.3) is 5.69 Å². The van der Waals surface area contributed by atoms with Gasteiger partial charge in [0.05, 0.1) is 17.6 Å². The van der Waals surface area contributed by atoms with Crippen LogP contribution in [0.5, 0.6) is 0 Å². The van der Waals surface area contributed by atoms with Crippen molar-refractivity contribution in [2.75, 3.05) is 18.0 Å². The molecule has 1 aromatic heterocycles. The van der Waals surface area contributed by atoms with Gasteiger partial charge in [-0.15, -0.1) is 0 Å².